The number of hydrogen-bond donors (Lipinski definition) is 0. The predicted molar refractivity (Wildman–Crippen MR) is 86.5 cm³/mol. The Morgan fingerprint density at radius 3 is 2.50 bits per heavy atom. The lowest BCUT2D eigenvalue weighted by molar-refractivity contribution is 0.586. The van der Waals surface area contributed by atoms with Crippen LogP contribution in [-0.4, -0.2) is 15.0 Å². The standard InChI is InChI=1S/C14H15BrClN3S/c1-14(2,3)13-17-8(6-20-13)12-18-10(7-4-5-7)9(15)11(16)19-12/h6-7H,4-5H2,1-3H3. The lowest BCUT2D eigenvalue weighted by atomic mass is 9.98. The molecule has 0 amide bonds. The number of aromatic nitrogens is 3. The maximum Gasteiger partial charge on any atom is 0.180 e. The van der Waals surface area contributed by atoms with Gasteiger partial charge in [-0.25, -0.2) is 15.0 Å². The van der Waals surface area contributed by atoms with Crippen LogP contribution in [0, 0.1) is 0 Å². The van der Waals surface area contributed by atoms with Gasteiger partial charge in [-0.3, -0.25) is 0 Å². The van der Waals surface area contributed by atoms with Crippen LogP contribution in [0.1, 0.15) is 50.2 Å². The van der Waals surface area contributed by atoms with Crippen molar-refractivity contribution in [2.75, 3.05) is 0 Å². The van der Waals surface area contributed by atoms with Gasteiger partial charge in [0, 0.05) is 16.7 Å². The highest BCUT2D eigenvalue weighted by Gasteiger charge is 2.30. The van der Waals surface area contributed by atoms with Crippen molar-refractivity contribution < 1.29 is 0 Å². The third-order valence-electron chi connectivity index (χ3n) is 3.18. The topological polar surface area (TPSA) is 38.7 Å². The molecule has 2 aromatic rings. The van der Waals surface area contributed by atoms with Gasteiger partial charge in [0.15, 0.2) is 5.82 Å². The summed E-state index contributed by atoms with van der Waals surface area (Å²) in [6.07, 6.45) is 2.35. The lowest BCUT2D eigenvalue weighted by Gasteiger charge is -2.13. The van der Waals surface area contributed by atoms with Crippen LogP contribution in [0.15, 0.2) is 9.85 Å². The van der Waals surface area contributed by atoms with Crippen molar-refractivity contribution in [1.29, 1.82) is 0 Å². The zero-order chi connectivity index (χ0) is 14.5. The maximum atomic E-state index is 6.22. The van der Waals surface area contributed by atoms with E-state index in [0.717, 1.165) is 20.9 Å². The van der Waals surface area contributed by atoms with Gasteiger partial charge < -0.3 is 0 Å². The zero-order valence-electron chi connectivity index (χ0n) is 11.6. The van der Waals surface area contributed by atoms with E-state index in [0.29, 0.717) is 16.9 Å². The minimum atomic E-state index is 0.0431. The van der Waals surface area contributed by atoms with Crippen molar-refractivity contribution in [3.63, 3.8) is 0 Å². The molecular formula is C14H15BrClN3S. The minimum Gasteiger partial charge on any atom is -0.237 e. The molecule has 0 atom stereocenters. The summed E-state index contributed by atoms with van der Waals surface area (Å²) in [5.74, 6) is 1.15. The molecule has 2 aromatic heterocycles. The number of nitrogens with zero attached hydrogens (tertiary/aromatic N) is 3. The number of thiazole rings is 1. The molecule has 1 fully saturated rings. The molecule has 0 aliphatic heterocycles. The van der Waals surface area contributed by atoms with E-state index in [4.69, 9.17) is 11.6 Å². The van der Waals surface area contributed by atoms with E-state index in [2.05, 4.69) is 51.7 Å². The fourth-order valence-electron chi connectivity index (χ4n) is 1.90. The van der Waals surface area contributed by atoms with Crippen LogP contribution in [0.3, 0.4) is 0 Å². The third kappa shape index (κ3) is 2.76. The van der Waals surface area contributed by atoms with Crippen LogP contribution < -0.4 is 0 Å². The molecule has 0 saturated heterocycles. The van der Waals surface area contributed by atoms with E-state index in [1.807, 2.05) is 5.38 Å². The average molecular weight is 373 g/mol. The van der Waals surface area contributed by atoms with Crippen molar-refractivity contribution in [2.45, 2.75) is 44.9 Å². The van der Waals surface area contributed by atoms with Gasteiger partial charge in [-0.05, 0) is 28.8 Å². The van der Waals surface area contributed by atoms with Crippen molar-refractivity contribution in [3.8, 4) is 11.5 Å². The molecule has 6 heteroatoms. The Labute approximate surface area is 136 Å². The highest BCUT2D eigenvalue weighted by Crippen LogP contribution is 2.44. The molecule has 0 bridgehead atoms. The largest absolute Gasteiger partial charge is 0.237 e. The predicted octanol–water partition coefficient (Wildman–Crippen LogP) is 5.19. The van der Waals surface area contributed by atoms with Crippen LogP contribution in [0.25, 0.3) is 11.5 Å². The Kier molecular flexibility index (Phi) is 3.63. The number of rotatable bonds is 2. The molecule has 1 aliphatic carbocycles. The molecule has 3 nitrogen and oxygen atoms in total. The summed E-state index contributed by atoms with van der Waals surface area (Å²) < 4.78 is 0.830. The van der Waals surface area contributed by atoms with E-state index in [9.17, 15) is 0 Å². The Morgan fingerprint density at radius 1 is 1.25 bits per heavy atom. The van der Waals surface area contributed by atoms with Gasteiger partial charge in [-0.2, -0.15) is 0 Å². The first-order valence-electron chi connectivity index (χ1n) is 6.55. The maximum absolute atomic E-state index is 6.22. The molecule has 20 heavy (non-hydrogen) atoms. The first kappa shape index (κ1) is 14.4. The summed E-state index contributed by atoms with van der Waals surface area (Å²) in [6, 6.07) is 0. The second kappa shape index (κ2) is 5.04. The van der Waals surface area contributed by atoms with Crippen molar-refractivity contribution in [3.05, 3.63) is 25.7 Å². The van der Waals surface area contributed by atoms with Crippen LogP contribution in [0.4, 0.5) is 0 Å². The SMILES string of the molecule is CC(C)(C)c1nc(-c2nc(Cl)c(Br)c(C3CC3)n2)cs1. The molecule has 0 aromatic carbocycles. The van der Waals surface area contributed by atoms with E-state index in [1.165, 1.54) is 12.8 Å². The molecular weight excluding hydrogens is 358 g/mol. The highest BCUT2D eigenvalue weighted by atomic mass is 79.9. The molecule has 3 rings (SSSR count). The Balaban J connectivity index is 2.04. The summed E-state index contributed by atoms with van der Waals surface area (Å²) in [5.41, 5.74) is 1.88. The van der Waals surface area contributed by atoms with Crippen LogP contribution in [0.5, 0.6) is 0 Å². The fourth-order valence-corrected chi connectivity index (χ4v) is 3.46. The summed E-state index contributed by atoms with van der Waals surface area (Å²) in [6.45, 7) is 6.46. The van der Waals surface area contributed by atoms with Crippen LogP contribution >= 0.6 is 38.9 Å². The van der Waals surface area contributed by atoms with E-state index in [1.54, 1.807) is 11.3 Å². The van der Waals surface area contributed by atoms with Crippen molar-refractivity contribution in [2.24, 2.45) is 0 Å². The van der Waals surface area contributed by atoms with Gasteiger partial charge in [-0.1, -0.05) is 32.4 Å². The Bertz CT molecular complexity index is 659. The van der Waals surface area contributed by atoms with Crippen molar-refractivity contribution >= 4 is 38.9 Å². The van der Waals surface area contributed by atoms with E-state index >= 15 is 0 Å². The van der Waals surface area contributed by atoms with Crippen LogP contribution in [0.2, 0.25) is 5.15 Å². The highest BCUT2D eigenvalue weighted by molar-refractivity contribution is 9.10. The van der Waals surface area contributed by atoms with Crippen molar-refractivity contribution in [1.82, 2.24) is 15.0 Å². The van der Waals surface area contributed by atoms with Gasteiger partial charge in [-0.15, -0.1) is 11.3 Å². The molecule has 0 radical (unpaired) electrons. The van der Waals surface area contributed by atoms with Gasteiger partial charge in [0.05, 0.1) is 15.2 Å². The second-order valence-corrected chi connectivity index (χ2v) is 8.11. The average Bonchev–Trinajstić information content (AvgIpc) is 3.06. The first-order valence-corrected chi connectivity index (χ1v) is 8.60. The molecule has 1 aliphatic rings. The minimum absolute atomic E-state index is 0.0431. The molecule has 0 N–H and O–H groups in total. The fraction of sp³-hybridized carbons (Fsp3) is 0.500. The molecule has 2 heterocycles. The first-order chi connectivity index (χ1) is 9.36. The summed E-state index contributed by atoms with van der Waals surface area (Å²) in [5, 5.41) is 3.57. The summed E-state index contributed by atoms with van der Waals surface area (Å²) in [4.78, 5) is 13.7. The number of hydrogen-bond acceptors (Lipinski definition) is 4. The van der Waals surface area contributed by atoms with Gasteiger partial charge >= 0.3 is 0 Å². The third-order valence-corrected chi connectivity index (χ3v) is 5.73. The Morgan fingerprint density at radius 2 is 1.95 bits per heavy atom. The quantitative estimate of drug-likeness (QED) is 0.681. The molecule has 1 saturated carbocycles. The van der Waals surface area contributed by atoms with E-state index in [-0.39, 0.29) is 5.41 Å². The van der Waals surface area contributed by atoms with Gasteiger partial charge in [0.2, 0.25) is 0 Å². The lowest BCUT2D eigenvalue weighted by Crippen LogP contribution is -2.10. The summed E-state index contributed by atoms with van der Waals surface area (Å²) in [7, 11) is 0. The van der Waals surface area contributed by atoms with Gasteiger partial charge in [0.25, 0.3) is 0 Å². The second-order valence-electron chi connectivity index (χ2n) is 6.10. The zero-order valence-corrected chi connectivity index (χ0v) is 14.7. The smallest absolute Gasteiger partial charge is 0.180 e. The molecule has 0 unspecified atom stereocenters. The Hall–Kier alpha value is -0.520. The van der Waals surface area contributed by atoms with E-state index < -0.39 is 0 Å². The van der Waals surface area contributed by atoms with Gasteiger partial charge in [0.1, 0.15) is 10.8 Å². The molecule has 106 valence electrons. The summed E-state index contributed by atoms with van der Waals surface area (Å²) >= 11 is 11.4. The molecule has 0 spiro atoms. The van der Waals surface area contributed by atoms with Crippen LogP contribution in [-0.2, 0) is 5.41 Å². The normalized spacial score (nSPS) is 15.7. The monoisotopic (exact) mass is 371 g/mol. The number of halogens is 2.